The topological polar surface area (TPSA) is 105 Å². The Bertz CT molecular complexity index is 1800. The molecule has 0 saturated carbocycles. The second-order valence-corrected chi connectivity index (χ2v) is 13.3. The number of oxazole rings is 1. The number of ether oxygens (including phenoxy) is 2. The number of likely N-dealkylation sites (tertiary alicyclic amines) is 1. The Morgan fingerprint density at radius 3 is 2.48 bits per heavy atom. The first-order valence-corrected chi connectivity index (χ1v) is 16.0. The number of anilines is 1. The number of benzene rings is 3. The Kier molecular flexibility index (Phi) is 7.91. The fraction of sp³-hybridized carbons (Fsp3) is 0.312. The summed E-state index contributed by atoms with van der Waals surface area (Å²) in [5, 5.41) is 0.361. The van der Waals surface area contributed by atoms with Gasteiger partial charge in [-0.05, 0) is 87.1 Å². The van der Waals surface area contributed by atoms with Crippen LogP contribution in [0, 0.1) is 0 Å². The van der Waals surface area contributed by atoms with Crippen LogP contribution in [0.2, 0.25) is 5.02 Å². The molecule has 12 heteroatoms. The number of nitrogens with zero attached hydrogens (tertiary/aromatic N) is 4. The van der Waals surface area contributed by atoms with Crippen LogP contribution in [0.3, 0.4) is 0 Å². The number of aromatic nitrogens is 1. The molecule has 2 atom stereocenters. The number of rotatable bonds is 9. The average Bonchev–Trinajstić information content (AvgIpc) is 3.76. The molecule has 3 aromatic carbocycles. The summed E-state index contributed by atoms with van der Waals surface area (Å²) in [4.78, 5) is 23.8. The van der Waals surface area contributed by atoms with Crippen molar-refractivity contribution in [2.75, 3.05) is 39.2 Å². The lowest BCUT2D eigenvalue weighted by atomic mass is 9.80. The molecule has 1 amide bonds. The second kappa shape index (κ2) is 11.6. The van der Waals surface area contributed by atoms with Gasteiger partial charge in [-0.3, -0.25) is 9.69 Å². The van der Waals surface area contributed by atoms with Crippen LogP contribution in [0.4, 0.5) is 5.69 Å². The van der Waals surface area contributed by atoms with Gasteiger partial charge in [0.15, 0.2) is 5.54 Å². The molecule has 1 unspecified atom stereocenters. The minimum atomic E-state index is -4.40. The minimum Gasteiger partial charge on any atom is -0.497 e. The molecule has 1 fully saturated rings. The Morgan fingerprint density at radius 2 is 1.82 bits per heavy atom. The molecule has 6 rings (SSSR count). The number of hydrogen-bond acceptors (Lipinski definition) is 9. The zero-order chi connectivity index (χ0) is 31.2. The van der Waals surface area contributed by atoms with Gasteiger partial charge in [0.2, 0.25) is 5.89 Å². The maximum absolute atomic E-state index is 15.4. The third-order valence-electron chi connectivity index (χ3n) is 8.23. The summed E-state index contributed by atoms with van der Waals surface area (Å²) in [5.74, 6) is 0.711. The lowest BCUT2D eigenvalue weighted by molar-refractivity contribution is -0.127. The molecule has 1 aromatic heterocycles. The fourth-order valence-corrected chi connectivity index (χ4v) is 8.09. The molecule has 0 radical (unpaired) electrons. The van der Waals surface area contributed by atoms with Crippen molar-refractivity contribution in [3.63, 3.8) is 0 Å². The van der Waals surface area contributed by atoms with Crippen LogP contribution in [-0.4, -0.2) is 64.0 Å². The van der Waals surface area contributed by atoms with Crippen LogP contribution in [0.15, 0.2) is 82.4 Å². The van der Waals surface area contributed by atoms with Crippen molar-refractivity contribution in [1.29, 1.82) is 0 Å². The van der Waals surface area contributed by atoms with Gasteiger partial charge in [-0.15, -0.1) is 0 Å². The summed E-state index contributed by atoms with van der Waals surface area (Å²) in [7, 11) is 2.55. The first-order chi connectivity index (χ1) is 21.1. The number of amides is 1. The number of sulfonamides is 1. The van der Waals surface area contributed by atoms with Crippen molar-refractivity contribution in [2.45, 2.75) is 35.9 Å². The normalized spacial score (nSPS) is 20.4. The third-order valence-corrected chi connectivity index (χ3v) is 10.2. The molecular formula is C32H33ClN4O6S. The number of halogens is 1. The first kappa shape index (κ1) is 30.1. The van der Waals surface area contributed by atoms with Crippen LogP contribution >= 0.6 is 11.6 Å². The van der Waals surface area contributed by atoms with Crippen LogP contribution in [0.5, 0.6) is 11.5 Å². The van der Waals surface area contributed by atoms with E-state index in [1.54, 1.807) is 36.5 Å². The maximum atomic E-state index is 15.4. The highest BCUT2D eigenvalue weighted by Crippen LogP contribution is 2.56. The molecule has 0 bridgehead atoms. The van der Waals surface area contributed by atoms with Crippen molar-refractivity contribution in [1.82, 2.24) is 14.8 Å². The SMILES string of the molecule is COc1ccc(S(=O)(=O)N2C(=O)C(c3cc(CN(C)C)ccc3OC)(N3CCC[C@H]3c3ncco3)c3cc(Cl)ccc32)cc1. The fourth-order valence-electron chi connectivity index (χ4n) is 6.46. The van der Waals surface area contributed by atoms with E-state index in [1.807, 2.05) is 42.1 Å². The quantitative estimate of drug-likeness (QED) is 0.244. The minimum absolute atomic E-state index is 0.0534. The van der Waals surface area contributed by atoms with E-state index in [0.717, 1.165) is 16.3 Å². The lowest BCUT2D eigenvalue weighted by Crippen LogP contribution is -2.54. The van der Waals surface area contributed by atoms with E-state index < -0.39 is 27.5 Å². The van der Waals surface area contributed by atoms with E-state index in [4.69, 9.17) is 25.5 Å². The van der Waals surface area contributed by atoms with Gasteiger partial charge in [0.25, 0.3) is 15.9 Å². The van der Waals surface area contributed by atoms with E-state index in [1.165, 1.54) is 32.6 Å². The van der Waals surface area contributed by atoms with E-state index in [-0.39, 0.29) is 10.6 Å². The van der Waals surface area contributed by atoms with Gasteiger partial charge < -0.3 is 18.8 Å². The molecule has 4 aromatic rings. The number of hydrogen-bond donors (Lipinski definition) is 0. The molecule has 2 aliphatic rings. The Balaban J connectivity index is 1.67. The monoisotopic (exact) mass is 636 g/mol. The predicted octanol–water partition coefficient (Wildman–Crippen LogP) is 5.22. The number of methoxy groups -OCH3 is 2. The molecular weight excluding hydrogens is 604 g/mol. The van der Waals surface area contributed by atoms with Gasteiger partial charge in [0, 0.05) is 29.2 Å². The van der Waals surface area contributed by atoms with E-state index >= 15 is 4.79 Å². The van der Waals surface area contributed by atoms with Gasteiger partial charge in [-0.1, -0.05) is 17.7 Å². The number of fused-ring (bicyclic) bond motifs is 1. The zero-order valence-electron chi connectivity index (χ0n) is 24.9. The molecule has 44 heavy (non-hydrogen) atoms. The van der Waals surface area contributed by atoms with Crippen LogP contribution in [0.1, 0.15) is 41.5 Å². The summed E-state index contributed by atoms with van der Waals surface area (Å²) in [6, 6.07) is 16.1. The summed E-state index contributed by atoms with van der Waals surface area (Å²) < 4.78 is 46.7. The van der Waals surface area contributed by atoms with Crippen molar-refractivity contribution in [3.8, 4) is 11.5 Å². The molecule has 2 aliphatic heterocycles. The summed E-state index contributed by atoms with van der Waals surface area (Å²) >= 11 is 6.63. The Hall–Kier alpha value is -3.90. The van der Waals surface area contributed by atoms with Crippen molar-refractivity contribution < 1.29 is 27.1 Å². The van der Waals surface area contributed by atoms with Crippen molar-refractivity contribution in [2.24, 2.45) is 0 Å². The molecule has 0 spiro atoms. The summed E-state index contributed by atoms with van der Waals surface area (Å²) in [6.45, 7) is 1.04. The molecule has 230 valence electrons. The molecule has 0 aliphatic carbocycles. The standard InChI is InChI=1S/C32H33ClN4O6S/c1-35(2)20-21-7-14-29(42-4)26(18-21)32(36-16-5-6-28(36)30-34-15-17-43-30)25-19-22(33)8-13-27(25)37(31(32)38)44(39,40)24-11-9-23(41-3)10-12-24/h7-15,17-19,28H,5-6,16,20H2,1-4H3/t28-,32?/m0/s1. The predicted molar refractivity (Wildman–Crippen MR) is 165 cm³/mol. The lowest BCUT2D eigenvalue weighted by Gasteiger charge is -2.41. The van der Waals surface area contributed by atoms with E-state index in [9.17, 15) is 8.42 Å². The number of carbonyl (C=O) groups excluding carboxylic acids is 1. The summed E-state index contributed by atoms with van der Waals surface area (Å²) in [5.41, 5.74) is 0.436. The van der Waals surface area contributed by atoms with E-state index in [2.05, 4.69) is 4.98 Å². The largest absolute Gasteiger partial charge is 0.497 e. The highest BCUT2D eigenvalue weighted by atomic mass is 35.5. The average molecular weight is 637 g/mol. The van der Waals surface area contributed by atoms with Crippen LogP contribution < -0.4 is 13.8 Å². The molecule has 0 N–H and O–H groups in total. The Labute approximate surface area is 261 Å². The van der Waals surface area contributed by atoms with Gasteiger partial charge in [0.1, 0.15) is 17.8 Å². The summed E-state index contributed by atoms with van der Waals surface area (Å²) in [6.07, 6.45) is 4.44. The van der Waals surface area contributed by atoms with E-state index in [0.29, 0.717) is 53.0 Å². The molecule has 10 nitrogen and oxygen atoms in total. The van der Waals surface area contributed by atoms with Gasteiger partial charge in [-0.25, -0.2) is 17.7 Å². The smallest absolute Gasteiger partial charge is 0.271 e. The van der Waals surface area contributed by atoms with Gasteiger partial charge in [-0.2, -0.15) is 0 Å². The van der Waals surface area contributed by atoms with Crippen molar-refractivity contribution in [3.05, 3.63) is 101 Å². The zero-order valence-corrected chi connectivity index (χ0v) is 26.4. The highest BCUT2D eigenvalue weighted by molar-refractivity contribution is 7.93. The highest BCUT2D eigenvalue weighted by Gasteiger charge is 2.62. The molecule has 3 heterocycles. The van der Waals surface area contributed by atoms with Crippen LogP contribution in [-0.2, 0) is 26.9 Å². The Morgan fingerprint density at radius 1 is 1.05 bits per heavy atom. The van der Waals surface area contributed by atoms with Gasteiger partial charge >= 0.3 is 0 Å². The third kappa shape index (κ3) is 4.75. The first-order valence-electron chi connectivity index (χ1n) is 14.1. The molecule has 1 saturated heterocycles. The van der Waals surface area contributed by atoms with Crippen molar-refractivity contribution >= 4 is 33.2 Å². The van der Waals surface area contributed by atoms with Gasteiger partial charge in [0.05, 0.1) is 37.0 Å². The maximum Gasteiger partial charge on any atom is 0.271 e. The number of carbonyl (C=O) groups is 1. The second-order valence-electron chi connectivity index (χ2n) is 11.1. The van der Waals surface area contributed by atoms with Crippen LogP contribution in [0.25, 0.3) is 0 Å².